The van der Waals surface area contributed by atoms with E-state index in [9.17, 15) is 52.7 Å². The van der Waals surface area contributed by atoms with Gasteiger partial charge in [-0.25, -0.2) is 9.97 Å². The first-order valence-corrected chi connectivity index (χ1v) is 19.2. The monoisotopic (exact) mass is 991 g/mol. The van der Waals surface area contributed by atoms with Crippen molar-refractivity contribution in [1.29, 1.82) is 0 Å². The van der Waals surface area contributed by atoms with Crippen LogP contribution in [-0.2, 0) is 37.4 Å². The number of nitrogens with zero attached hydrogens (tertiary/aromatic N) is 8. The first-order chi connectivity index (χ1) is 28.7. The summed E-state index contributed by atoms with van der Waals surface area (Å²) < 4.78 is 187. The molecule has 2 aliphatic heterocycles. The summed E-state index contributed by atoms with van der Waals surface area (Å²) in [5.41, 5.74) is -7.98. The average Bonchev–Trinajstić information content (AvgIpc) is 3.79. The largest absolute Gasteiger partial charge is 2.00 e. The fourth-order valence-electron chi connectivity index (χ4n) is 6.58. The summed E-state index contributed by atoms with van der Waals surface area (Å²) in [6, 6.07) is 0. The maximum atomic E-state index is 13.8. The standard InChI is InChI=1S/C40H44F12N8O4.Cu/c1-33(2,3)17-21(61-13-37(41,42)43)29-53-25(17)57-30-22(62-14-38(44,45)46)18(34(4,5)6)27(54-30)59-32-24(64-16-40(50,51)52)20(36(10,11)12)28(56-32)60-31-23(63-15-39(47,48)49)19(35(7,8)9)26(55-31)58-29;/h13-16H2,1-12H3;/q-2;+2. The maximum absolute atomic E-state index is 13.8. The molecule has 0 fully saturated rings. The van der Waals surface area contributed by atoms with Crippen LogP contribution in [0.3, 0.4) is 0 Å². The van der Waals surface area contributed by atoms with Crippen molar-refractivity contribution in [2.24, 2.45) is 10.8 Å². The second-order valence-electron chi connectivity index (χ2n) is 18.9. The molecule has 2 aliphatic rings. The van der Waals surface area contributed by atoms with Crippen molar-refractivity contribution in [1.82, 2.24) is 39.9 Å². The fourth-order valence-corrected chi connectivity index (χ4v) is 6.58. The smallest absolute Gasteiger partial charge is 0.483 e. The number of rotatable bonds is 8. The molecule has 5 heterocycles. The zero-order valence-corrected chi connectivity index (χ0v) is 37.8. The molecule has 0 unspecified atom stereocenters. The molecule has 0 aliphatic carbocycles. The minimum atomic E-state index is -4.95. The van der Waals surface area contributed by atoms with E-state index in [2.05, 4.69) is 39.9 Å². The normalized spacial score (nSPS) is 14.8. The number of fused-ring (bicyclic) bond motifs is 8. The van der Waals surface area contributed by atoms with Gasteiger partial charge in [0.15, 0.2) is 37.9 Å². The van der Waals surface area contributed by atoms with E-state index in [1.807, 2.05) is 0 Å². The predicted octanol–water partition coefficient (Wildman–Crippen LogP) is 10.6. The summed E-state index contributed by atoms with van der Waals surface area (Å²) in [5, 5.41) is 0. The van der Waals surface area contributed by atoms with E-state index in [0.717, 1.165) is 0 Å². The molecule has 0 aromatic carbocycles. The summed E-state index contributed by atoms with van der Waals surface area (Å²) in [5.74, 6) is -4.76. The van der Waals surface area contributed by atoms with Gasteiger partial charge in [0.05, 0.1) is 22.9 Å². The molecule has 3 aromatic rings. The third kappa shape index (κ3) is 12.8. The van der Waals surface area contributed by atoms with Gasteiger partial charge in [0.1, 0.15) is 23.1 Å². The average molecular weight is 992 g/mol. The quantitative estimate of drug-likeness (QED) is 0.157. The van der Waals surface area contributed by atoms with E-state index in [0.29, 0.717) is 0 Å². The summed E-state index contributed by atoms with van der Waals surface area (Å²) in [6.07, 6.45) is -19.8. The molecular formula is C40H44CuF12N8O4. The Morgan fingerprint density at radius 3 is 0.862 bits per heavy atom. The molecule has 0 amide bonds. The second-order valence-corrected chi connectivity index (χ2v) is 18.9. The molecular weight excluding hydrogens is 948 g/mol. The van der Waals surface area contributed by atoms with Crippen molar-refractivity contribution in [2.45, 2.75) is 119 Å². The summed E-state index contributed by atoms with van der Waals surface area (Å²) in [7, 11) is 0. The molecule has 25 heteroatoms. The van der Waals surface area contributed by atoms with Crippen LogP contribution in [-0.4, -0.2) is 81.0 Å². The van der Waals surface area contributed by atoms with E-state index >= 15 is 0 Å². The van der Waals surface area contributed by atoms with E-state index in [1.54, 1.807) is 0 Å². The molecule has 0 N–H and O–H groups in total. The van der Waals surface area contributed by atoms with Crippen LogP contribution >= 0.6 is 0 Å². The number of halogens is 12. The molecule has 3 aromatic heterocycles. The molecule has 363 valence electrons. The SMILES string of the molecule is CC(C)(C)C1=C(OCC(F)(F)F)c2nc1nc1[n-]c(nc3nc(nc4[n-]c(n2)c(C(C)(C)C)c4OCC(F)(F)F)C(C(C)(C)C)=C3OCC(F)(F)F)c(C(C)(C)C)c1OCC(F)(F)F.[Cu+2]. The van der Waals surface area contributed by atoms with Gasteiger partial charge in [0.25, 0.3) is 0 Å². The first-order valence-electron chi connectivity index (χ1n) is 19.2. The molecule has 8 bridgehead atoms. The van der Waals surface area contributed by atoms with Crippen LogP contribution in [0.15, 0.2) is 0 Å². The van der Waals surface area contributed by atoms with Crippen LogP contribution in [0.5, 0.6) is 11.5 Å². The first kappa shape index (κ1) is 52.8. The molecule has 0 saturated heterocycles. The van der Waals surface area contributed by atoms with Crippen molar-refractivity contribution in [3.63, 3.8) is 0 Å². The number of hydrogen-bond acceptors (Lipinski definition) is 10. The maximum Gasteiger partial charge on any atom is 2.00 e. The van der Waals surface area contributed by atoms with Gasteiger partial charge in [-0.15, -0.1) is 0 Å². The molecule has 12 nitrogen and oxygen atoms in total. The van der Waals surface area contributed by atoms with Crippen molar-refractivity contribution >= 4 is 45.3 Å². The van der Waals surface area contributed by atoms with Crippen molar-refractivity contribution in [3.8, 4) is 11.5 Å². The Hall–Kier alpha value is -4.80. The minimum absolute atomic E-state index is 0. The Kier molecular flexibility index (Phi) is 14.2. The van der Waals surface area contributed by atoms with Crippen LogP contribution in [0.4, 0.5) is 52.7 Å². The molecule has 1 radical (unpaired) electrons. The van der Waals surface area contributed by atoms with Crippen LogP contribution < -0.4 is 19.4 Å². The zero-order valence-electron chi connectivity index (χ0n) is 36.9. The Labute approximate surface area is 374 Å². The van der Waals surface area contributed by atoms with Crippen molar-refractivity contribution < 1.29 is 88.7 Å². The Morgan fingerprint density at radius 2 is 0.615 bits per heavy atom. The van der Waals surface area contributed by atoms with Crippen LogP contribution in [0, 0.1) is 10.8 Å². The number of hydrogen-bond donors (Lipinski definition) is 0. The number of aromatic nitrogens is 8. The predicted molar refractivity (Wildman–Crippen MR) is 207 cm³/mol. The summed E-state index contributed by atoms with van der Waals surface area (Å²) >= 11 is 0. The van der Waals surface area contributed by atoms with Gasteiger partial charge in [-0.1, -0.05) is 83.1 Å². The molecule has 0 spiro atoms. The van der Waals surface area contributed by atoms with Crippen LogP contribution in [0.2, 0.25) is 0 Å². The van der Waals surface area contributed by atoms with Gasteiger partial charge >= 0.3 is 41.8 Å². The number of allylic oxidation sites excluding steroid dienone is 2. The van der Waals surface area contributed by atoms with Crippen molar-refractivity contribution in [3.05, 3.63) is 34.4 Å². The van der Waals surface area contributed by atoms with E-state index < -0.39 is 142 Å². The molecule has 5 rings (SSSR count). The van der Waals surface area contributed by atoms with Gasteiger partial charge in [0.2, 0.25) is 0 Å². The Bertz CT molecular complexity index is 2340. The van der Waals surface area contributed by atoms with Gasteiger partial charge < -0.3 is 48.9 Å². The zero-order chi connectivity index (χ0) is 48.6. The topological polar surface area (TPSA) is 142 Å². The second kappa shape index (κ2) is 17.4. The van der Waals surface area contributed by atoms with Gasteiger partial charge in [0, 0.05) is 33.6 Å². The Balaban J connectivity index is 0.00000925. The Morgan fingerprint density at radius 1 is 0.354 bits per heavy atom. The third-order valence-corrected chi connectivity index (χ3v) is 8.83. The molecule has 0 atom stereocenters. The van der Waals surface area contributed by atoms with E-state index in [4.69, 9.17) is 18.9 Å². The molecule has 0 saturated carbocycles. The number of ether oxygens (including phenoxy) is 4. The van der Waals surface area contributed by atoms with Crippen molar-refractivity contribution in [2.75, 3.05) is 26.4 Å². The van der Waals surface area contributed by atoms with Gasteiger partial charge in [-0.05, 0) is 21.7 Å². The van der Waals surface area contributed by atoms with E-state index in [-0.39, 0.29) is 39.3 Å². The van der Waals surface area contributed by atoms with Crippen LogP contribution in [0.25, 0.3) is 45.3 Å². The van der Waals surface area contributed by atoms with Gasteiger partial charge in [-0.3, -0.25) is 0 Å². The number of alkyl halides is 12. The molecule has 65 heavy (non-hydrogen) atoms. The summed E-state index contributed by atoms with van der Waals surface area (Å²) in [6.45, 7) is 10.6. The van der Waals surface area contributed by atoms with Crippen LogP contribution in [0.1, 0.15) is 118 Å². The fraction of sp³-hybridized carbons (Fsp3) is 0.600. The summed E-state index contributed by atoms with van der Waals surface area (Å²) in [4.78, 5) is 35.2. The third-order valence-electron chi connectivity index (χ3n) is 8.83. The minimum Gasteiger partial charge on any atom is -0.483 e. The van der Waals surface area contributed by atoms with Gasteiger partial charge in [-0.2, -0.15) is 52.7 Å². The van der Waals surface area contributed by atoms with E-state index in [1.165, 1.54) is 83.1 Å².